The van der Waals surface area contributed by atoms with Crippen LogP contribution in [0.2, 0.25) is 0 Å². The summed E-state index contributed by atoms with van der Waals surface area (Å²) in [4.78, 5) is 10.7. The topological polar surface area (TPSA) is 27.7 Å². The first-order valence-corrected chi connectivity index (χ1v) is 12.9. The summed E-state index contributed by atoms with van der Waals surface area (Å²) < 4.78 is 6.15. The van der Waals surface area contributed by atoms with Gasteiger partial charge in [0.1, 0.15) is 6.61 Å². The van der Waals surface area contributed by atoms with Gasteiger partial charge in [0.2, 0.25) is 5.75 Å². The highest BCUT2D eigenvalue weighted by molar-refractivity contribution is 14.2. The van der Waals surface area contributed by atoms with Gasteiger partial charge < -0.3 is 9.62 Å². The molecule has 0 spiro atoms. The van der Waals surface area contributed by atoms with E-state index in [1.165, 1.54) is 22.3 Å². The van der Waals surface area contributed by atoms with Crippen LogP contribution in [0.3, 0.4) is 0 Å². The van der Waals surface area contributed by atoms with Gasteiger partial charge in [-0.15, -0.1) is 0 Å². The number of fused-ring (bicyclic) bond motifs is 1. The molecule has 0 aliphatic carbocycles. The van der Waals surface area contributed by atoms with E-state index >= 15 is 0 Å². The lowest BCUT2D eigenvalue weighted by molar-refractivity contribution is -0.195. The highest BCUT2D eigenvalue weighted by Gasteiger charge is 2.28. The lowest BCUT2D eigenvalue weighted by Crippen LogP contribution is -2.08. The largest absolute Gasteiger partial charge is 0.488 e. The Bertz CT molecular complexity index is 599. The Morgan fingerprint density at radius 2 is 2.17 bits per heavy atom. The molecule has 0 N–H and O–H groups in total. The smallest absolute Gasteiger partial charge is 0.213 e. The molecule has 6 heteroatoms. The lowest BCUT2D eigenvalue weighted by Gasteiger charge is -2.19. The summed E-state index contributed by atoms with van der Waals surface area (Å²) >= 11 is 5.87. The first-order chi connectivity index (χ1) is 11.7. The van der Waals surface area contributed by atoms with Crippen LogP contribution in [0.4, 0.5) is 0 Å². The van der Waals surface area contributed by atoms with Crippen LogP contribution in [-0.2, 0) is 24.3 Å². The number of alkyl halides is 1. The number of ether oxygens (including phenoxy) is 1. The molecule has 1 aromatic rings. The van der Waals surface area contributed by atoms with Gasteiger partial charge in [-0.1, -0.05) is 50.4 Å². The van der Waals surface area contributed by atoms with Crippen molar-refractivity contribution in [2.75, 3.05) is 17.7 Å². The fourth-order valence-corrected chi connectivity index (χ4v) is 4.27. The molecule has 0 atom stereocenters. The molecule has 1 aliphatic rings. The molecule has 0 aromatic heterocycles. The van der Waals surface area contributed by atoms with Crippen molar-refractivity contribution in [2.45, 2.75) is 46.6 Å². The molecule has 2 rings (SSSR count). The summed E-state index contributed by atoms with van der Waals surface area (Å²) in [5.74, 6) is 2.60. The van der Waals surface area contributed by atoms with Gasteiger partial charge in [0.15, 0.2) is 5.75 Å². The summed E-state index contributed by atoms with van der Waals surface area (Å²) in [6.07, 6.45) is 5.21. The van der Waals surface area contributed by atoms with Crippen molar-refractivity contribution < 1.29 is 14.5 Å². The summed E-state index contributed by atoms with van der Waals surface area (Å²) in [6.45, 7) is 7.73. The normalized spacial score (nSPS) is 13.8. The van der Waals surface area contributed by atoms with Gasteiger partial charge >= 0.3 is 0 Å². The quantitative estimate of drug-likeness (QED) is 0.127. The zero-order valence-electron chi connectivity index (χ0n) is 14.4. The molecular weight excluding hydrogens is 503 g/mol. The minimum absolute atomic E-state index is 0.503. The van der Waals surface area contributed by atoms with Crippen molar-refractivity contribution in [1.29, 1.82) is 0 Å². The van der Waals surface area contributed by atoms with Gasteiger partial charge in [-0.3, -0.25) is 0 Å². The fourth-order valence-electron chi connectivity index (χ4n) is 2.96. The second-order valence-electron chi connectivity index (χ2n) is 5.63. The molecule has 1 aliphatic heterocycles. The number of benzene rings is 1. The summed E-state index contributed by atoms with van der Waals surface area (Å²) in [5, 5.41) is 0.913. The van der Waals surface area contributed by atoms with E-state index in [4.69, 9.17) is 14.5 Å². The van der Waals surface area contributed by atoms with E-state index in [0.29, 0.717) is 13.2 Å². The van der Waals surface area contributed by atoms with Gasteiger partial charge in [-0.25, -0.2) is 0 Å². The molecule has 0 fully saturated rings. The maximum absolute atomic E-state index is 6.15. The van der Waals surface area contributed by atoms with E-state index in [-0.39, 0.29) is 0 Å². The molecule has 0 amide bonds. The van der Waals surface area contributed by atoms with E-state index in [9.17, 15) is 0 Å². The van der Waals surface area contributed by atoms with Crippen LogP contribution in [0.5, 0.6) is 11.5 Å². The third-order valence-electron chi connectivity index (χ3n) is 4.35. The molecule has 0 radical (unpaired) electrons. The van der Waals surface area contributed by atoms with Crippen molar-refractivity contribution in [3.63, 3.8) is 0 Å². The average molecular weight is 527 g/mol. The Morgan fingerprint density at radius 3 is 2.79 bits per heavy atom. The summed E-state index contributed by atoms with van der Waals surface area (Å²) in [5.41, 5.74) is 6.42. The van der Waals surface area contributed by atoms with E-state index in [1.54, 1.807) is 8.93 Å². The van der Waals surface area contributed by atoms with Crippen LogP contribution >= 0.6 is 46.1 Å². The van der Waals surface area contributed by atoms with E-state index in [1.807, 2.05) is 0 Å². The maximum atomic E-state index is 6.15. The average Bonchev–Trinajstić information content (AvgIpc) is 3.08. The van der Waals surface area contributed by atoms with Crippen molar-refractivity contribution in [1.82, 2.24) is 0 Å². The van der Waals surface area contributed by atoms with Crippen LogP contribution in [-0.4, -0.2) is 17.7 Å². The van der Waals surface area contributed by atoms with Crippen molar-refractivity contribution in [2.24, 2.45) is 0 Å². The van der Waals surface area contributed by atoms with Crippen molar-refractivity contribution >= 4 is 46.1 Å². The van der Waals surface area contributed by atoms with Crippen LogP contribution in [0, 0.1) is 6.92 Å². The Balaban J connectivity index is 2.47. The van der Waals surface area contributed by atoms with Crippen molar-refractivity contribution in [3.05, 3.63) is 33.9 Å². The predicted molar refractivity (Wildman–Crippen MR) is 114 cm³/mol. The fraction of sp³-hybridized carbons (Fsp3) is 0.556. The van der Waals surface area contributed by atoms with E-state index in [2.05, 4.69) is 64.0 Å². The first kappa shape index (κ1) is 20.4. The molecule has 3 nitrogen and oxygen atoms in total. The molecule has 0 bridgehead atoms. The van der Waals surface area contributed by atoms with Gasteiger partial charge in [-0.2, -0.15) is 4.89 Å². The monoisotopic (exact) mass is 526 g/mol. The lowest BCUT2D eigenvalue weighted by atomic mass is 9.91. The van der Waals surface area contributed by atoms with E-state index in [0.717, 1.165) is 47.4 Å². The molecular formula is C18H24BrIO3S. The minimum atomic E-state index is 0.503. The zero-order valence-corrected chi connectivity index (χ0v) is 19.0. The molecule has 0 saturated carbocycles. The highest BCUT2D eigenvalue weighted by Crippen LogP contribution is 2.44. The van der Waals surface area contributed by atoms with Gasteiger partial charge in [0.05, 0.1) is 6.61 Å². The highest BCUT2D eigenvalue weighted by atomic mass is 127. The van der Waals surface area contributed by atoms with Crippen molar-refractivity contribution in [3.8, 4) is 11.5 Å². The van der Waals surface area contributed by atoms with E-state index < -0.39 is 0 Å². The SMILES string of the molecule is CC/C(=C\Cc1c(CC)c(C)c2c(c1OCCSI)OOC2)CBr. The van der Waals surface area contributed by atoms with Gasteiger partial charge in [0, 0.05) is 22.2 Å². The Labute approximate surface area is 169 Å². The predicted octanol–water partition coefficient (Wildman–Crippen LogP) is 6.12. The third kappa shape index (κ3) is 4.62. The molecule has 1 aromatic carbocycles. The van der Waals surface area contributed by atoms with Crippen LogP contribution < -0.4 is 9.62 Å². The van der Waals surface area contributed by atoms with Gasteiger partial charge in [0.25, 0.3) is 0 Å². The second kappa shape index (κ2) is 10.3. The first-order valence-electron chi connectivity index (χ1n) is 8.24. The molecule has 1 heterocycles. The van der Waals surface area contributed by atoms with Crippen LogP contribution in [0.15, 0.2) is 11.6 Å². The van der Waals surface area contributed by atoms with Crippen LogP contribution in [0.1, 0.15) is 42.5 Å². The molecule has 24 heavy (non-hydrogen) atoms. The molecule has 0 saturated heterocycles. The Kier molecular flexibility index (Phi) is 8.74. The number of allylic oxidation sites excluding steroid dienone is 2. The Morgan fingerprint density at radius 1 is 1.38 bits per heavy atom. The summed E-state index contributed by atoms with van der Waals surface area (Å²) in [7, 11) is 1.75. The number of rotatable bonds is 9. The third-order valence-corrected chi connectivity index (χ3v) is 6.71. The number of hydrogen-bond donors (Lipinski definition) is 0. The zero-order chi connectivity index (χ0) is 17.5. The number of halogens is 2. The molecule has 134 valence electrons. The Hall–Kier alpha value is 0.0800. The van der Waals surface area contributed by atoms with Gasteiger partial charge in [-0.05, 0) is 58.5 Å². The summed E-state index contributed by atoms with van der Waals surface area (Å²) in [6, 6.07) is 0. The standard InChI is InChI=1S/C18H24BrIO3S/c1-4-13(10-19)6-7-15-14(5-2)12(3)16-11-22-23-18(16)17(15)21-8-9-24-20/h6H,4-5,7-11H2,1-3H3/b13-6+. The minimum Gasteiger partial charge on any atom is -0.488 e. The van der Waals surface area contributed by atoms with Crippen LogP contribution in [0.25, 0.3) is 0 Å². The molecule has 0 unspecified atom stereocenters. The maximum Gasteiger partial charge on any atom is 0.213 e. The number of hydrogen-bond acceptors (Lipinski definition) is 4. The second-order valence-corrected chi connectivity index (χ2v) is 8.69.